The molecule has 0 rings (SSSR count). The average molecular weight is 863 g/mol. The Labute approximate surface area is 382 Å². The predicted molar refractivity (Wildman–Crippen MR) is 265 cm³/mol. The summed E-state index contributed by atoms with van der Waals surface area (Å²) >= 11 is 0. The molecule has 0 spiro atoms. The normalized spacial score (nSPS) is 12.8. The minimum Gasteiger partial charge on any atom is -0.462 e. The van der Waals surface area contributed by atoms with Crippen LogP contribution >= 0.6 is 0 Å². The van der Waals surface area contributed by atoms with E-state index in [-0.39, 0.29) is 31.1 Å². The van der Waals surface area contributed by atoms with Crippen LogP contribution in [0.4, 0.5) is 0 Å². The van der Waals surface area contributed by atoms with Crippen molar-refractivity contribution in [2.75, 3.05) is 13.2 Å². The molecular weight excluding hydrogens is 769 g/mol. The van der Waals surface area contributed by atoms with E-state index in [9.17, 15) is 14.4 Å². The molecule has 0 aromatic heterocycles. The van der Waals surface area contributed by atoms with Gasteiger partial charge in [-0.05, 0) is 89.9 Å². The van der Waals surface area contributed by atoms with Crippen molar-refractivity contribution >= 4 is 17.9 Å². The van der Waals surface area contributed by atoms with Crippen molar-refractivity contribution in [1.29, 1.82) is 0 Å². The third-order valence-electron chi connectivity index (χ3n) is 10.7. The number of hydrogen-bond donors (Lipinski definition) is 0. The number of carbonyl (C=O) groups is 3. The van der Waals surface area contributed by atoms with Crippen LogP contribution in [0.1, 0.15) is 233 Å². The van der Waals surface area contributed by atoms with Gasteiger partial charge in [0.2, 0.25) is 0 Å². The largest absolute Gasteiger partial charge is 0.462 e. The second-order valence-corrected chi connectivity index (χ2v) is 16.8. The van der Waals surface area contributed by atoms with Crippen LogP contribution in [-0.2, 0) is 28.6 Å². The van der Waals surface area contributed by atoms with Gasteiger partial charge in [0.1, 0.15) is 13.2 Å². The summed E-state index contributed by atoms with van der Waals surface area (Å²) in [6, 6.07) is 0. The number of ether oxygens (including phenoxy) is 3. The number of hydrogen-bond acceptors (Lipinski definition) is 6. The van der Waals surface area contributed by atoms with Crippen molar-refractivity contribution in [1.82, 2.24) is 0 Å². The van der Waals surface area contributed by atoms with E-state index in [1.54, 1.807) is 0 Å². The van der Waals surface area contributed by atoms with E-state index in [2.05, 4.69) is 69.4 Å². The molecule has 6 heteroatoms. The first kappa shape index (κ1) is 58.6. The Hall–Kier alpha value is -3.41. The van der Waals surface area contributed by atoms with Crippen LogP contribution in [0.2, 0.25) is 0 Å². The Morgan fingerprint density at radius 2 is 0.645 bits per heavy atom. The zero-order chi connectivity index (χ0) is 45.1. The highest BCUT2D eigenvalue weighted by Gasteiger charge is 2.19. The van der Waals surface area contributed by atoms with Crippen LogP contribution in [0.5, 0.6) is 0 Å². The molecule has 0 aliphatic heterocycles. The fourth-order valence-corrected chi connectivity index (χ4v) is 6.85. The molecule has 0 aromatic rings. The van der Waals surface area contributed by atoms with Gasteiger partial charge in [0.05, 0.1) is 0 Å². The molecule has 6 nitrogen and oxygen atoms in total. The van der Waals surface area contributed by atoms with Crippen molar-refractivity contribution in [3.05, 3.63) is 85.1 Å². The van der Waals surface area contributed by atoms with Gasteiger partial charge >= 0.3 is 17.9 Å². The van der Waals surface area contributed by atoms with E-state index in [1.165, 1.54) is 109 Å². The van der Waals surface area contributed by atoms with Gasteiger partial charge in [-0.3, -0.25) is 14.4 Å². The number of rotatable bonds is 45. The van der Waals surface area contributed by atoms with Gasteiger partial charge in [0, 0.05) is 19.3 Å². The fourth-order valence-electron chi connectivity index (χ4n) is 6.85. The molecule has 0 saturated carbocycles. The minimum absolute atomic E-state index is 0.105. The molecule has 0 saturated heterocycles. The third-order valence-corrected chi connectivity index (χ3v) is 10.7. The highest BCUT2D eigenvalue weighted by atomic mass is 16.6. The molecule has 0 amide bonds. The van der Waals surface area contributed by atoms with E-state index in [0.29, 0.717) is 19.3 Å². The predicted octanol–water partition coefficient (Wildman–Crippen LogP) is 16.8. The maximum absolute atomic E-state index is 12.8. The summed E-state index contributed by atoms with van der Waals surface area (Å²) in [4.78, 5) is 37.9. The maximum atomic E-state index is 12.8. The van der Waals surface area contributed by atoms with Gasteiger partial charge in [-0.2, -0.15) is 0 Å². The monoisotopic (exact) mass is 863 g/mol. The van der Waals surface area contributed by atoms with E-state index in [0.717, 1.165) is 83.5 Å². The van der Waals surface area contributed by atoms with Gasteiger partial charge in [-0.25, -0.2) is 0 Å². The number of carbonyl (C=O) groups excluding carboxylic acids is 3. The highest BCUT2D eigenvalue weighted by Crippen LogP contribution is 2.14. The molecule has 0 aliphatic rings. The first-order valence-corrected chi connectivity index (χ1v) is 25.7. The zero-order valence-corrected chi connectivity index (χ0v) is 40.4. The molecule has 1 unspecified atom stereocenters. The summed E-state index contributed by atoms with van der Waals surface area (Å²) in [5, 5.41) is 0. The van der Waals surface area contributed by atoms with Crippen molar-refractivity contribution in [3.8, 4) is 0 Å². The van der Waals surface area contributed by atoms with E-state index in [1.807, 2.05) is 36.5 Å². The van der Waals surface area contributed by atoms with Gasteiger partial charge in [-0.1, -0.05) is 209 Å². The summed E-state index contributed by atoms with van der Waals surface area (Å²) in [6.07, 6.45) is 64.2. The van der Waals surface area contributed by atoms with Gasteiger partial charge in [0.25, 0.3) is 0 Å². The summed E-state index contributed by atoms with van der Waals surface area (Å²) in [5.41, 5.74) is 0. The molecular formula is C56H94O6. The van der Waals surface area contributed by atoms with Crippen LogP contribution in [0.15, 0.2) is 85.1 Å². The van der Waals surface area contributed by atoms with Crippen LogP contribution < -0.4 is 0 Å². The summed E-state index contributed by atoms with van der Waals surface area (Å²) in [6.45, 7) is 6.41. The van der Waals surface area contributed by atoms with Crippen molar-refractivity contribution in [3.63, 3.8) is 0 Å². The first-order valence-electron chi connectivity index (χ1n) is 25.7. The standard InChI is InChI=1S/C56H94O6/c1-4-7-10-13-16-19-22-25-27-29-31-34-37-40-43-46-49-55(58)61-52-53(51-60-54(57)48-45-42-39-36-33-30-24-21-18-15-12-9-6-3)62-56(59)50-47-44-41-38-35-32-28-26-23-20-17-14-11-8-5-2/h9,12,15,18,20-21,23-24,27,29-31,33-34,53H,4-8,10-11,13-14,16-17,19,22,25-26,28,32,35-52H2,1-3H3/b12-9+,18-15+,23-20+,24-21+,29-27+,33-30+,34-31+. The van der Waals surface area contributed by atoms with Crippen LogP contribution in [0.3, 0.4) is 0 Å². The lowest BCUT2D eigenvalue weighted by Gasteiger charge is -2.18. The number of allylic oxidation sites excluding steroid dienone is 14. The average Bonchev–Trinajstić information content (AvgIpc) is 3.27. The smallest absolute Gasteiger partial charge is 0.306 e. The molecule has 62 heavy (non-hydrogen) atoms. The number of esters is 3. The fraction of sp³-hybridized carbons (Fsp3) is 0.696. The Bertz CT molecular complexity index is 1220. The Morgan fingerprint density at radius 1 is 0.339 bits per heavy atom. The quantitative estimate of drug-likeness (QED) is 0.0199. The SMILES string of the molecule is CC/C=C/C=C/C=C/C=C/CCCCCC(=O)OCC(COC(=O)CCCCC/C=C/C=C/CCCCCCCCC)OC(=O)CCCCCCCCC/C=C/CCCCCC. The minimum atomic E-state index is -0.805. The van der Waals surface area contributed by atoms with Crippen LogP contribution in [0.25, 0.3) is 0 Å². The zero-order valence-electron chi connectivity index (χ0n) is 40.4. The number of unbranched alkanes of at least 4 members (excludes halogenated alkanes) is 24. The van der Waals surface area contributed by atoms with Crippen molar-refractivity contribution in [2.45, 2.75) is 239 Å². The molecule has 0 heterocycles. The third kappa shape index (κ3) is 47.6. The van der Waals surface area contributed by atoms with Crippen molar-refractivity contribution < 1.29 is 28.6 Å². The maximum Gasteiger partial charge on any atom is 0.306 e. The molecule has 0 radical (unpaired) electrons. The first-order chi connectivity index (χ1) is 30.5. The molecule has 0 aliphatic carbocycles. The Balaban J connectivity index is 4.49. The molecule has 0 fully saturated rings. The lowest BCUT2D eigenvalue weighted by molar-refractivity contribution is -0.167. The van der Waals surface area contributed by atoms with Crippen LogP contribution in [-0.4, -0.2) is 37.2 Å². The Morgan fingerprint density at radius 3 is 1.08 bits per heavy atom. The summed E-state index contributed by atoms with van der Waals surface area (Å²) in [5.74, 6) is -0.975. The lowest BCUT2D eigenvalue weighted by atomic mass is 10.1. The molecule has 1 atom stereocenters. The van der Waals surface area contributed by atoms with Gasteiger partial charge < -0.3 is 14.2 Å². The second kappa shape index (κ2) is 50.2. The lowest BCUT2D eigenvalue weighted by Crippen LogP contribution is -2.30. The summed E-state index contributed by atoms with van der Waals surface area (Å²) < 4.78 is 16.7. The van der Waals surface area contributed by atoms with E-state index < -0.39 is 6.10 Å². The van der Waals surface area contributed by atoms with Crippen molar-refractivity contribution in [2.24, 2.45) is 0 Å². The summed E-state index contributed by atoms with van der Waals surface area (Å²) in [7, 11) is 0. The van der Waals surface area contributed by atoms with E-state index in [4.69, 9.17) is 14.2 Å². The Kier molecular flexibility index (Phi) is 47.5. The van der Waals surface area contributed by atoms with E-state index >= 15 is 0 Å². The topological polar surface area (TPSA) is 78.9 Å². The van der Waals surface area contributed by atoms with Gasteiger partial charge in [-0.15, -0.1) is 0 Å². The molecule has 354 valence electrons. The molecule has 0 bridgehead atoms. The second-order valence-electron chi connectivity index (χ2n) is 16.8. The van der Waals surface area contributed by atoms with Gasteiger partial charge in [0.15, 0.2) is 6.10 Å². The molecule has 0 N–H and O–H groups in total. The highest BCUT2D eigenvalue weighted by molar-refractivity contribution is 5.71. The molecule has 0 aromatic carbocycles. The van der Waals surface area contributed by atoms with Crippen LogP contribution in [0, 0.1) is 0 Å².